The molecule has 0 radical (unpaired) electrons. The third-order valence-corrected chi connectivity index (χ3v) is 9.57. The molecule has 2 rings (SSSR count). The van der Waals surface area contributed by atoms with Gasteiger partial charge < -0.3 is 64.2 Å². The molecule has 2 aliphatic rings. The van der Waals surface area contributed by atoms with Crippen LogP contribution < -0.4 is 0 Å². The van der Waals surface area contributed by atoms with Gasteiger partial charge >= 0.3 is 11.9 Å². The summed E-state index contributed by atoms with van der Waals surface area (Å²) < 4.78 is 33.2. The third-order valence-electron chi connectivity index (χ3n) is 9.57. The van der Waals surface area contributed by atoms with Crippen molar-refractivity contribution in [3.05, 3.63) is 60.8 Å². The van der Waals surface area contributed by atoms with Gasteiger partial charge in [0.2, 0.25) is 0 Å². The second kappa shape index (κ2) is 31.1. The maximum Gasteiger partial charge on any atom is 0.306 e. The van der Waals surface area contributed by atoms with Crippen molar-refractivity contribution >= 4 is 11.9 Å². The smallest absolute Gasteiger partial charge is 0.306 e. The highest BCUT2D eigenvalue weighted by Crippen LogP contribution is 2.26. The van der Waals surface area contributed by atoms with Crippen LogP contribution in [-0.4, -0.2) is 142 Å². The summed E-state index contributed by atoms with van der Waals surface area (Å²) in [5, 5.41) is 71.6. The van der Waals surface area contributed by atoms with Crippen LogP contribution >= 0.6 is 0 Å². The van der Waals surface area contributed by atoms with Crippen molar-refractivity contribution in [2.75, 3.05) is 26.4 Å². The van der Waals surface area contributed by atoms with Crippen molar-refractivity contribution in [3.63, 3.8) is 0 Å². The van der Waals surface area contributed by atoms with Crippen LogP contribution in [0.25, 0.3) is 0 Å². The maximum absolute atomic E-state index is 12.9. The van der Waals surface area contributed by atoms with E-state index >= 15 is 0 Å². The summed E-state index contributed by atoms with van der Waals surface area (Å²) in [6.45, 7) is 2.28. The lowest BCUT2D eigenvalue weighted by Gasteiger charge is -2.42. The van der Waals surface area contributed by atoms with Crippen molar-refractivity contribution < 1.29 is 73.8 Å². The standard InChI is InChI=1S/C43H70O15/c1-3-5-7-9-11-13-14-15-16-18-20-22-24-26-35(46)56-31(28-53-34(45)25-23-21-19-17-12-10-8-6-4-2)29-54-42-41(52)39(50)37(48)33(58-42)30-55-43-40(51)38(49)36(47)32(27-44)57-43/h5,7,9,11,13-17,19,31-33,36-44,47-52H,3-4,6,8,10,12,18,20-30H2,1-2H3/b7-5+,11-9+,14-13+,16-15+,19-17+/t31?,32-,33-,36+,37+,38?,39?,40?,41?,42-,43-/m1/s1. The van der Waals surface area contributed by atoms with Crippen LogP contribution in [-0.2, 0) is 38.0 Å². The molecule has 7 N–H and O–H groups in total. The lowest BCUT2D eigenvalue weighted by Crippen LogP contribution is -2.61. The van der Waals surface area contributed by atoms with Crippen molar-refractivity contribution in [3.8, 4) is 0 Å². The minimum atomic E-state index is -1.78. The van der Waals surface area contributed by atoms with E-state index in [1.165, 1.54) is 19.3 Å². The van der Waals surface area contributed by atoms with Gasteiger partial charge in [0.15, 0.2) is 18.7 Å². The number of carbonyl (C=O) groups is 2. The predicted molar refractivity (Wildman–Crippen MR) is 215 cm³/mol. The van der Waals surface area contributed by atoms with E-state index in [1.807, 2.05) is 36.5 Å². The summed E-state index contributed by atoms with van der Waals surface area (Å²) in [6.07, 6.45) is 14.4. The number of unbranched alkanes of at least 4 members (excludes halogenated alkanes) is 8. The SMILES string of the molecule is CC/C=C/C=C/C=C/C=C/CCCCCC(=O)OC(COC(=O)CCC/C=C/CCCCCC)CO[C@@H]1O[C@H](CO[C@@H]2O[C@H](CO)[C@H](O)C(O)C2O)[C@H](O)C(O)C1O. The van der Waals surface area contributed by atoms with Crippen molar-refractivity contribution in [2.45, 2.75) is 171 Å². The van der Waals surface area contributed by atoms with E-state index in [4.69, 9.17) is 28.4 Å². The highest BCUT2D eigenvalue weighted by molar-refractivity contribution is 5.70. The zero-order chi connectivity index (χ0) is 42.5. The topological polar surface area (TPSA) is 231 Å². The summed E-state index contributed by atoms with van der Waals surface area (Å²) in [4.78, 5) is 25.4. The Morgan fingerprint density at radius 2 is 1.12 bits per heavy atom. The summed E-state index contributed by atoms with van der Waals surface area (Å²) in [5.41, 5.74) is 0. The Bertz CT molecular complexity index is 1250. The Hall–Kier alpha value is -2.80. The Morgan fingerprint density at radius 1 is 0.569 bits per heavy atom. The van der Waals surface area contributed by atoms with Gasteiger partial charge in [-0.2, -0.15) is 0 Å². The number of rotatable bonds is 29. The van der Waals surface area contributed by atoms with Gasteiger partial charge in [-0.25, -0.2) is 0 Å². The molecular formula is C43H70O15. The molecule has 2 saturated heterocycles. The highest BCUT2D eigenvalue weighted by atomic mass is 16.7. The van der Waals surface area contributed by atoms with Crippen LogP contribution in [0.1, 0.15) is 104 Å². The molecular weight excluding hydrogens is 756 g/mol. The summed E-state index contributed by atoms with van der Waals surface area (Å²) >= 11 is 0. The van der Waals surface area contributed by atoms with Crippen LogP contribution in [0.4, 0.5) is 0 Å². The first-order valence-corrected chi connectivity index (χ1v) is 20.9. The summed E-state index contributed by atoms with van der Waals surface area (Å²) in [7, 11) is 0. The quantitative estimate of drug-likeness (QED) is 0.0248. The van der Waals surface area contributed by atoms with E-state index in [-0.39, 0.29) is 19.4 Å². The van der Waals surface area contributed by atoms with Gasteiger partial charge in [-0.15, -0.1) is 0 Å². The minimum absolute atomic E-state index is 0.111. The molecule has 11 atom stereocenters. The third kappa shape index (κ3) is 20.4. The molecule has 0 aliphatic carbocycles. The molecule has 0 aromatic carbocycles. The van der Waals surface area contributed by atoms with Gasteiger partial charge in [-0.05, 0) is 51.4 Å². The lowest BCUT2D eigenvalue weighted by molar-refractivity contribution is -0.332. The molecule has 2 heterocycles. The number of aliphatic hydroxyl groups excluding tert-OH is 7. The second-order valence-corrected chi connectivity index (χ2v) is 14.5. The van der Waals surface area contributed by atoms with E-state index in [9.17, 15) is 45.3 Å². The van der Waals surface area contributed by atoms with Crippen molar-refractivity contribution in [1.29, 1.82) is 0 Å². The minimum Gasteiger partial charge on any atom is -0.462 e. The van der Waals surface area contributed by atoms with E-state index in [1.54, 1.807) is 0 Å². The van der Waals surface area contributed by atoms with E-state index in [0.717, 1.165) is 44.9 Å². The Morgan fingerprint density at radius 3 is 1.78 bits per heavy atom. The molecule has 2 aliphatic heterocycles. The molecule has 0 bridgehead atoms. The van der Waals surface area contributed by atoms with Gasteiger partial charge in [0.25, 0.3) is 0 Å². The second-order valence-electron chi connectivity index (χ2n) is 14.5. The van der Waals surface area contributed by atoms with E-state index in [2.05, 4.69) is 38.2 Å². The summed E-state index contributed by atoms with van der Waals surface area (Å²) in [5.74, 6) is -1.02. The van der Waals surface area contributed by atoms with Crippen LogP contribution in [0, 0.1) is 0 Å². The number of esters is 2. The van der Waals surface area contributed by atoms with Crippen molar-refractivity contribution in [2.24, 2.45) is 0 Å². The molecule has 332 valence electrons. The van der Waals surface area contributed by atoms with Crippen LogP contribution in [0.15, 0.2) is 60.8 Å². The molecule has 0 amide bonds. The zero-order valence-electron chi connectivity index (χ0n) is 34.2. The number of allylic oxidation sites excluding steroid dienone is 10. The number of aliphatic hydroxyl groups is 7. The fourth-order valence-corrected chi connectivity index (χ4v) is 6.05. The largest absolute Gasteiger partial charge is 0.462 e. The monoisotopic (exact) mass is 826 g/mol. The fraction of sp³-hybridized carbons (Fsp3) is 0.721. The number of hydrogen-bond donors (Lipinski definition) is 7. The first-order valence-electron chi connectivity index (χ1n) is 20.9. The Balaban J connectivity index is 1.92. The molecule has 2 fully saturated rings. The molecule has 15 nitrogen and oxygen atoms in total. The molecule has 0 saturated carbocycles. The van der Waals surface area contributed by atoms with Gasteiger partial charge in [0, 0.05) is 12.8 Å². The zero-order valence-corrected chi connectivity index (χ0v) is 34.2. The predicted octanol–water partition coefficient (Wildman–Crippen LogP) is 3.36. The molecule has 15 heteroatoms. The van der Waals surface area contributed by atoms with Gasteiger partial charge in [-0.1, -0.05) is 100 Å². The number of ether oxygens (including phenoxy) is 6. The molecule has 0 aromatic heterocycles. The normalized spacial score (nSPS) is 28.7. The number of carbonyl (C=O) groups excluding carboxylic acids is 2. The molecule has 0 aromatic rings. The molecule has 0 spiro atoms. The summed E-state index contributed by atoms with van der Waals surface area (Å²) in [6, 6.07) is 0. The van der Waals surface area contributed by atoms with Gasteiger partial charge in [-0.3, -0.25) is 9.59 Å². The average molecular weight is 827 g/mol. The fourth-order valence-electron chi connectivity index (χ4n) is 6.05. The van der Waals surface area contributed by atoms with Crippen molar-refractivity contribution in [1.82, 2.24) is 0 Å². The van der Waals surface area contributed by atoms with Crippen LogP contribution in [0.3, 0.4) is 0 Å². The Labute approximate surface area is 343 Å². The van der Waals surface area contributed by atoms with Crippen LogP contribution in [0.2, 0.25) is 0 Å². The maximum atomic E-state index is 12.9. The number of hydrogen-bond acceptors (Lipinski definition) is 15. The Kier molecular flexibility index (Phi) is 27.6. The molecule has 58 heavy (non-hydrogen) atoms. The lowest BCUT2D eigenvalue weighted by atomic mass is 9.98. The van der Waals surface area contributed by atoms with Gasteiger partial charge in [0.1, 0.15) is 55.4 Å². The first-order chi connectivity index (χ1) is 28.0. The van der Waals surface area contributed by atoms with E-state index in [0.29, 0.717) is 12.8 Å². The highest BCUT2D eigenvalue weighted by Gasteiger charge is 2.47. The van der Waals surface area contributed by atoms with Gasteiger partial charge in [0.05, 0.1) is 19.8 Å². The molecule has 5 unspecified atom stereocenters. The van der Waals surface area contributed by atoms with Crippen LogP contribution in [0.5, 0.6) is 0 Å². The first kappa shape index (κ1) is 51.3. The van der Waals surface area contributed by atoms with E-state index < -0.39 is 99.3 Å². The average Bonchev–Trinajstić information content (AvgIpc) is 3.21.